The van der Waals surface area contributed by atoms with Crippen molar-refractivity contribution in [3.63, 3.8) is 0 Å². The Bertz CT molecular complexity index is 513. The van der Waals surface area contributed by atoms with E-state index in [2.05, 4.69) is 6.58 Å². The number of carbonyl (C=O) groups is 2. The van der Waals surface area contributed by atoms with Crippen molar-refractivity contribution >= 4 is 11.9 Å². The molecule has 1 aliphatic heterocycles. The summed E-state index contributed by atoms with van der Waals surface area (Å²) in [7, 11) is 0. The SMILES string of the molecule is C=C1C(=O)O[C@@H]2/C=C(\C)CC/C=C(/C(=O)OCC)CC[C@@H]12. The number of esters is 2. The van der Waals surface area contributed by atoms with Crippen LogP contribution in [0.2, 0.25) is 0 Å². The molecule has 1 aliphatic carbocycles. The van der Waals surface area contributed by atoms with Gasteiger partial charge >= 0.3 is 11.9 Å². The van der Waals surface area contributed by atoms with Crippen molar-refractivity contribution < 1.29 is 19.1 Å². The van der Waals surface area contributed by atoms with Crippen LogP contribution in [0, 0.1) is 5.92 Å². The maximum Gasteiger partial charge on any atom is 0.334 e. The second-order valence-electron chi connectivity index (χ2n) is 5.54. The van der Waals surface area contributed by atoms with Crippen LogP contribution in [0.25, 0.3) is 0 Å². The molecule has 0 spiro atoms. The Morgan fingerprint density at radius 2 is 2.24 bits per heavy atom. The van der Waals surface area contributed by atoms with Crippen LogP contribution in [0.15, 0.2) is 35.5 Å². The molecule has 2 atom stereocenters. The normalized spacial score (nSPS) is 31.3. The molecule has 4 nitrogen and oxygen atoms in total. The molecule has 1 saturated heterocycles. The van der Waals surface area contributed by atoms with Gasteiger partial charge in [-0.3, -0.25) is 0 Å². The molecule has 0 aromatic rings. The molecule has 2 rings (SSSR count). The molecule has 21 heavy (non-hydrogen) atoms. The Morgan fingerprint density at radius 3 is 2.95 bits per heavy atom. The van der Waals surface area contributed by atoms with Crippen LogP contribution in [0.4, 0.5) is 0 Å². The molecule has 0 radical (unpaired) electrons. The summed E-state index contributed by atoms with van der Waals surface area (Å²) >= 11 is 0. The summed E-state index contributed by atoms with van der Waals surface area (Å²) in [6.45, 7) is 8.03. The minimum atomic E-state index is -0.324. The van der Waals surface area contributed by atoms with Crippen LogP contribution in [0.1, 0.15) is 39.5 Å². The van der Waals surface area contributed by atoms with Gasteiger partial charge < -0.3 is 9.47 Å². The quantitative estimate of drug-likeness (QED) is 0.445. The lowest BCUT2D eigenvalue weighted by molar-refractivity contribution is -0.139. The monoisotopic (exact) mass is 290 g/mol. The molecular weight excluding hydrogens is 268 g/mol. The van der Waals surface area contributed by atoms with E-state index >= 15 is 0 Å². The fourth-order valence-corrected chi connectivity index (χ4v) is 2.78. The van der Waals surface area contributed by atoms with Crippen molar-refractivity contribution in [2.24, 2.45) is 5.92 Å². The summed E-state index contributed by atoms with van der Waals surface area (Å²) in [5.41, 5.74) is 2.36. The lowest BCUT2D eigenvalue weighted by Crippen LogP contribution is -2.17. The zero-order chi connectivity index (χ0) is 15.4. The Hall–Kier alpha value is -1.84. The van der Waals surface area contributed by atoms with Crippen LogP contribution in [-0.2, 0) is 19.1 Å². The Balaban J connectivity index is 2.20. The average molecular weight is 290 g/mol. The third kappa shape index (κ3) is 3.63. The number of hydrogen-bond acceptors (Lipinski definition) is 4. The molecule has 114 valence electrons. The number of fused-ring (bicyclic) bond motifs is 1. The molecule has 1 heterocycles. The first-order chi connectivity index (χ1) is 10.0. The summed E-state index contributed by atoms with van der Waals surface area (Å²) < 4.78 is 10.5. The van der Waals surface area contributed by atoms with E-state index in [1.54, 1.807) is 6.92 Å². The maximum atomic E-state index is 12.0. The van der Waals surface area contributed by atoms with Crippen LogP contribution < -0.4 is 0 Å². The Morgan fingerprint density at radius 1 is 1.48 bits per heavy atom. The molecule has 0 unspecified atom stereocenters. The van der Waals surface area contributed by atoms with Crippen LogP contribution in [-0.4, -0.2) is 24.6 Å². The van der Waals surface area contributed by atoms with Gasteiger partial charge in [0.25, 0.3) is 0 Å². The Labute approximate surface area is 125 Å². The highest BCUT2D eigenvalue weighted by Crippen LogP contribution is 2.34. The van der Waals surface area contributed by atoms with Crippen LogP contribution in [0.5, 0.6) is 0 Å². The highest BCUT2D eigenvalue weighted by Gasteiger charge is 2.37. The fraction of sp³-hybridized carbons (Fsp3) is 0.529. The molecule has 0 amide bonds. The summed E-state index contributed by atoms with van der Waals surface area (Å²) in [4.78, 5) is 23.7. The smallest absolute Gasteiger partial charge is 0.334 e. The largest absolute Gasteiger partial charge is 0.463 e. The molecule has 0 N–H and O–H groups in total. The molecule has 4 heteroatoms. The standard InChI is InChI=1S/C17H22O4/c1-4-20-17(19)13-7-5-6-11(2)10-15-14(9-8-13)12(3)16(18)21-15/h7,10,14-15H,3-6,8-9H2,1-2H3/b11-10+,13-7+/t14-,15+/m0/s1. The van der Waals surface area contributed by atoms with Gasteiger partial charge in [-0.2, -0.15) is 0 Å². The maximum absolute atomic E-state index is 12.0. The van der Waals surface area contributed by atoms with Gasteiger partial charge in [0.15, 0.2) is 0 Å². The second kappa shape index (κ2) is 6.74. The first-order valence-electron chi connectivity index (χ1n) is 7.46. The van der Waals surface area contributed by atoms with E-state index in [1.165, 1.54) is 0 Å². The molecule has 0 bridgehead atoms. The summed E-state index contributed by atoms with van der Waals surface area (Å²) in [5.74, 6) is -0.634. The number of rotatable bonds is 2. The molecule has 1 fully saturated rings. The van der Waals surface area contributed by atoms with E-state index in [4.69, 9.17) is 9.47 Å². The van der Waals surface area contributed by atoms with Crippen molar-refractivity contribution in [2.75, 3.05) is 6.61 Å². The van der Waals surface area contributed by atoms with Crippen molar-refractivity contribution in [3.05, 3.63) is 35.5 Å². The fourth-order valence-electron chi connectivity index (χ4n) is 2.78. The van der Waals surface area contributed by atoms with Gasteiger partial charge in [-0.1, -0.05) is 18.2 Å². The number of allylic oxidation sites excluding steroid dienone is 2. The van der Waals surface area contributed by atoms with Gasteiger partial charge in [-0.15, -0.1) is 0 Å². The number of ether oxygens (including phenoxy) is 2. The van der Waals surface area contributed by atoms with Gasteiger partial charge in [0, 0.05) is 17.1 Å². The minimum Gasteiger partial charge on any atom is -0.463 e. The lowest BCUT2D eigenvalue weighted by atomic mass is 9.88. The van der Waals surface area contributed by atoms with Gasteiger partial charge in [-0.05, 0) is 45.6 Å². The predicted molar refractivity (Wildman–Crippen MR) is 79.5 cm³/mol. The molecular formula is C17H22O4. The van der Waals surface area contributed by atoms with Gasteiger partial charge in [0.1, 0.15) is 6.10 Å². The highest BCUT2D eigenvalue weighted by molar-refractivity contribution is 5.91. The first-order valence-corrected chi connectivity index (χ1v) is 7.46. The first kappa shape index (κ1) is 15.5. The third-order valence-electron chi connectivity index (χ3n) is 3.99. The Kier molecular flexibility index (Phi) is 4.99. The van der Waals surface area contributed by atoms with Crippen molar-refractivity contribution in [1.29, 1.82) is 0 Å². The van der Waals surface area contributed by atoms with Gasteiger partial charge in [0.05, 0.1) is 6.61 Å². The molecule has 0 saturated carbocycles. The highest BCUT2D eigenvalue weighted by atomic mass is 16.6. The average Bonchev–Trinajstić information content (AvgIpc) is 2.69. The summed E-state index contributed by atoms with van der Waals surface area (Å²) in [6, 6.07) is 0. The van der Waals surface area contributed by atoms with E-state index in [-0.39, 0.29) is 24.0 Å². The van der Waals surface area contributed by atoms with E-state index in [0.29, 0.717) is 30.6 Å². The predicted octanol–water partition coefficient (Wildman–Crippen LogP) is 3.09. The third-order valence-corrected chi connectivity index (χ3v) is 3.99. The van der Waals surface area contributed by atoms with Crippen molar-refractivity contribution in [2.45, 2.75) is 45.6 Å². The van der Waals surface area contributed by atoms with E-state index < -0.39 is 0 Å². The van der Waals surface area contributed by atoms with Crippen molar-refractivity contribution in [1.82, 2.24) is 0 Å². The minimum absolute atomic E-state index is 0.0524. The van der Waals surface area contributed by atoms with E-state index in [0.717, 1.165) is 18.4 Å². The zero-order valence-electron chi connectivity index (χ0n) is 12.7. The molecule has 0 aromatic heterocycles. The molecule has 0 aromatic carbocycles. The summed E-state index contributed by atoms with van der Waals surface area (Å²) in [5, 5.41) is 0. The van der Waals surface area contributed by atoms with Crippen LogP contribution in [0.3, 0.4) is 0 Å². The van der Waals surface area contributed by atoms with Crippen LogP contribution >= 0.6 is 0 Å². The van der Waals surface area contributed by atoms with Gasteiger partial charge in [-0.25, -0.2) is 9.59 Å². The molecule has 2 aliphatic rings. The topological polar surface area (TPSA) is 52.6 Å². The van der Waals surface area contributed by atoms with Gasteiger partial charge in [0.2, 0.25) is 0 Å². The van der Waals surface area contributed by atoms with E-state index in [1.807, 2.05) is 19.1 Å². The summed E-state index contributed by atoms with van der Waals surface area (Å²) in [6.07, 6.45) is 6.62. The van der Waals surface area contributed by atoms with Crippen molar-refractivity contribution in [3.8, 4) is 0 Å². The van der Waals surface area contributed by atoms with E-state index in [9.17, 15) is 9.59 Å². The lowest BCUT2D eigenvalue weighted by Gasteiger charge is -2.18. The zero-order valence-corrected chi connectivity index (χ0v) is 12.7. The number of hydrogen-bond donors (Lipinski definition) is 0. The number of carbonyl (C=O) groups excluding carboxylic acids is 2. The second-order valence-corrected chi connectivity index (χ2v) is 5.54.